The van der Waals surface area contributed by atoms with Gasteiger partial charge in [-0.15, -0.1) is 0 Å². The second kappa shape index (κ2) is 9.68. The average Bonchev–Trinajstić information content (AvgIpc) is 3.71. The van der Waals surface area contributed by atoms with E-state index in [0.29, 0.717) is 30.1 Å². The van der Waals surface area contributed by atoms with Crippen LogP contribution in [0.15, 0.2) is 60.9 Å². The maximum Gasteiger partial charge on any atom is 0.123 e. The topological polar surface area (TPSA) is 81.4 Å². The zero-order valence-corrected chi connectivity index (χ0v) is 21.4. The minimum Gasteiger partial charge on any atom is -0.341 e. The minimum absolute atomic E-state index is 0.315. The lowest BCUT2D eigenvalue weighted by molar-refractivity contribution is 0.516. The predicted molar refractivity (Wildman–Crippen MR) is 145 cm³/mol. The number of imidazole rings is 2. The highest BCUT2D eigenvalue weighted by molar-refractivity contribution is 5.71. The Labute approximate surface area is 213 Å². The van der Waals surface area contributed by atoms with Crippen LogP contribution < -0.4 is 10.6 Å². The molecule has 6 nitrogen and oxygen atoms in total. The van der Waals surface area contributed by atoms with Gasteiger partial charge in [0.25, 0.3) is 0 Å². The molecule has 6 rings (SSSR count). The monoisotopic (exact) mass is 480 g/mol. The zero-order chi connectivity index (χ0) is 24.6. The third-order valence-electron chi connectivity index (χ3n) is 8.23. The Hall–Kier alpha value is -3.22. The third-order valence-corrected chi connectivity index (χ3v) is 8.23. The van der Waals surface area contributed by atoms with Gasteiger partial charge in [0, 0.05) is 12.1 Å². The summed E-state index contributed by atoms with van der Waals surface area (Å²) in [6.45, 7) is 6.79. The van der Waals surface area contributed by atoms with Crippen LogP contribution in [0.2, 0.25) is 0 Å². The van der Waals surface area contributed by atoms with E-state index in [0.717, 1.165) is 47.0 Å². The number of aromatic nitrogens is 4. The van der Waals surface area contributed by atoms with Gasteiger partial charge in [-0.1, -0.05) is 62.4 Å². The van der Waals surface area contributed by atoms with Crippen molar-refractivity contribution < 1.29 is 0 Å². The fourth-order valence-corrected chi connectivity index (χ4v) is 5.68. The van der Waals surface area contributed by atoms with E-state index in [1.165, 1.54) is 24.0 Å². The first kappa shape index (κ1) is 23.2. The number of aromatic amines is 2. The maximum absolute atomic E-state index is 4.67. The van der Waals surface area contributed by atoms with Crippen LogP contribution in [0.5, 0.6) is 0 Å². The molecule has 2 aromatic heterocycles. The van der Waals surface area contributed by atoms with E-state index in [4.69, 9.17) is 0 Å². The van der Waals surface area contributed by atoms with Crippen LogP contribution in [0.3, 0.4) is 0 Å². The molecule has 2 aliphatic heterocycles. The van der Waals surface area contributed by atoms with Crippen molar-refractivity contribution in [3.63, 3.8) is 0 Å². The summed E-state index contributed by atoms with van der Waals surface area (Å²) in [5.41, 5.74) is 6.87. The van der Waals surface area contributed by atoms with Gasteiger partial charge in [-0.3, -0.25) is 0 Å². The normalized spacial score (nSPS) is 26.0. The Balaban J connectivity index is 1.13. The van der Waals surface area contributed by atoms with Gasteiger partial charge in [0.2, 0.25) is 0 Å². The molecule has 4 unspecified atom stereocenters. The van der Waals surface area contributed by atoms with Crippen LogP contribution in [0.1, 0.15) is 70.2 Å². The lowest BCUT2D eigenvalue weighted by Crippen LogP contribution is -2.24. The lowest BCUT2D eigenvalue weighted by Gasteiger charge is -2.10. The van der Waals surface area contributed by atoms with E-state index < -0.39 is 0 Å². The molecule has 186 valence electrons. The van der Waals surface area contributed by atoms with Gasteiger partial charge in [0.05, 0.1) is 35.9 Å². The summed E-state index contributed by atoms with van der Waals surface area (Å²) in [5, 5.41) is 7.33. The predicted octanol–water partition coefficient (Wildman–Crippen LogP) is 6.40. The van der Waals surface area contributed by atoms with E-state index in [9.17, 15) is 0 Å². The third kappa shape index (κ3) is 4.51. The summed E-state index contributed by atoms with van der Waals surface area (Å²) < 4.78 is 0. The number of nitrogens with one attached hydrogen (secondary N) is 4. The van der Waals surface area contributed by atoms with Crippen molar-refractivity contribution in [1.82, 2.24) is 30.6 Å². The molecule has 2 aromatic carbocycles. The Bertz CT molecular complexity index is 1290. The molecule has 0 saturated carbocycles. The van der Waals surface area contributed by atoms with Gasteiger partial charge in [-0.05, 0) is 60.8 Å². The highest BCUT2D eigenvalue weighted by Gasteiger charge is 2.30. The summed E-state index contributed by atoms with van der Waals surface area (Å²) in [5.74, 6) is 2.76. The molecule has 2 fully saturated rings. The Morgan fingerprint density at radius 3 is 1.69 bits per heavy atom. The van der Waals surface area contributed by atoms with E-state index in [1.807, 2.05) is 12.4 Å². The first-order chi connectivity index (χ1) is 17.6. The van der Waals surface area contributed by atoms with Crippen LogP contribution in [-0.2, 0) is 0 Å². The van der Waals surface area contributed by atoms with E-state index in [2.05, 4.69) is 99.9 Å². The number of H-pyrrole nitrogens is 2. The highest BCUT2D eigenvalue weighted by atomic mass is 15.1. The zero-order valence-electron chi connectivity index (χ0n) is 21.4. The molecule has 0 radical (unpaired) electrons. The molecule has 2 aliphatic rings. The highest BCUT2D eigenvalue weighted by Crippen LogP contribution is 2.32. The lowest BCUT2D eigenvalue weighted by atomic mass is 10.0. The second-order valence-corrected chi connectivity index (χ2v) is 10.6. The molecule has 4 aromatic rings. The van der Waals surface area contributed by atoms with Crippen LogP contribution >= 0.6 is 0 Å². The fraction of sp³-hybridized carbons (Fsp3) is 0.400. The Kier molecular flexibility index (Phi) is 6.23. The molecule has 0 bridgehead atoms. The van der Waals surface area contributed by atoms with Crippen molar-refractivity contribution in [1.29, 1.82) is 0 Å². The smallest absolute Gasteiger partial charge is 0.123 e. The minimum atomic E-state index is 0.315. The van der Waals surface area contributed by atoms with Crippen molar-refractivity contribution in [2.75, 3.05) is 0 Å². The Morgan fingerprint density at radius 2 is 1.22 bits per heavy atom. The molecule has 0 spiro atoms. The first-order valence-corrected chi connectivity index (χ1v) is 13.4. The largest absolute Gasteiger partial charge is 0.341 e. The van der Waals surface area contributed by atoms with Gasteiger partial charge >= 0.3 is 0 Å². The standard InChI is InChI=1S/C30H36N6/c1-4-24-13-14-25(34-24)29-31-16-27(35-29)22-9-5-20(6-10-22)21-7-11-23(12-8-21)28-17-32-30(36-28)26-15-18(2)19(3)33-26/h5-12,16-19,24-26,33-34H,4,13-15H2,1-3H3,(H,31,35)(H,32,36)/t18?,19-,24?,25?,26?/m0/s1. The van der Waals surface area contributed by atoms with Crippen molar-refractivity contribution in [3.8, 4) is 33.6 Å². The fourth-order valence-electron chi connectivity index (χ4n) is 5.68. The summed E-state index contributed by atoms with van der Waals surface area (Å²) in [7, 11) is 0. The summed E-state index contributed by atoms with van der Waals surface area (Å²) in [6, 6.07) is 19.3. The summed E-state index contributed by atoms with van der Waals surface area (Å²) in [4.78, 5) is 16.4. The molecule has 5 atom stereocenters. The number of hydrogen-bond acceptors (Lipinski definition) is 4. The quantitative estimate of drug-likeness (QED) is 0.258. The van der Waals surface area contributed by atoms with Gasteiger partial charge in [0.1, 0.15) is 11.6 Å². The van der Waals surface area contributed by atoms with Crippen LogP contribution in [0.25, 0.3) is 33.6 Å². The summed E-state index contributed by atoms with van der Waals surface area (Å²) >= 11 is 0. The van der Waals surface area contributed by atoms with Gasteiger partial charge in [0.15, 0.2) is 0 Å². The second-order valence-electron chi connectivity index (χ2n) is 10.6. The van der Waals surface area contributed by atoms with Crippen molar-refractivity contribution in [2.24, 2.45) is 5.92 Å². The molecule has 36 heavy (non-hydrogen) atoms. The van der Waals surface area contributed by atoms with Crippen molar-refractivity contribution in [2.45, 2.75) is 70.6 Å². The van der Waals surface area contributed by atoms with Crippen molar-refractivity contribution in [3.05, 3.63) is 72.6 Å². The molecule has 4 N–H and O–H groups in total. The van der Waals surface area contributed by atoms with Gasteiger partial charge < -0.3 is 20.6 Å². The molecule has 2 saturated heterocycles. The first-order valence-electron chi connectivity index (χ1n) is 13.4. The maximum atomic E-state index is 4.67. The number of hydrogen-bond donors (Lipinski definition) is 4. The van der Waals surface area contributed by atoms with E-state index in [1.54, 1.807) is 0 Å². The molecular weight excluding hydrogens is 444 g/mol. The summed E-state index contributed by atoms with van der Waals surface area (Å²) in [6.07, 6.45) is 8.59. The molecule has 0 amide bonds. The number of benzene rings is 2. The van der Waals surface area contributed by atoms with Crippen LogP contribution in [0, 0.1) is 5.92 Å². The number of rotatable bonds is 6. The molecule has 4 heterocycles. The molecular formula is C30H36N6. The van der Waals surface area contributed by atoms with Crippen LogP contribution in [-0.4, -0.2) is 32.0 Å². The van der Waals surface area contributed by atoms with Gasteiger partial charge in [-0.25, -0.2) is 9.97 Å². The number of nitrogens with zero attached hydrogens (tertiary/aromatic N) is 2. The molecule has 0 aliphatic carbocycles. The van der Waals surface area contributed by atoms with Gasteiger partial charge in [-0.2, -0.15) is 0 Å². The van der Waals surface area contributed by atoms with Crippen molar-refractivity contribution >= 4 is 0 Å². The van der Waals surface area contributed by atoms with E-state index >= 15 is 0 Å². The SMILES string of the molecule is CCC1CCC(c2ncc(-c3ccc(-c4ccc(-c5cnc(C6CC(C)[C@H](C)N6)[nH]5)cc4)cc3)[nH]2)N1. The molecule has 6 heteroatoms. The van der Waals surface area contributed by atoms with E-state index in [-0.39, 0.29) is 0 Å². The van der Waals surface area contributed by atoms with Crippen LogP contribution in [0.4, 0.5) is 0 Å². The average molecular weight is 481 g/mol. The Morgan fingerprint density at radius 1 is 0.694 bits per heavy atom.